The first-order valence-electron chi connectivity index (χ1n) is 9.90. The summed E-state index contributed by atoms with van der Waals surface area (Å²) < 4.78 is 0. The molecule has 3 unspecified atom stereocenters. The van der Waals surface area contributed by atoms with Crippen molar-refractivity contribution < 1.29 is 0 Å². The molecule has 0 heteroatoms. The van der Waals surface area contributed by atoms with Crippen LogP contribution in [0.5, 0.6) is 0 Å². The lowest BCUT2D eigenvalue weighted by Gasteiger charge is -2.26. The Hall–Kier alpha value is 0. The highest BCUT2D eigenvalue weighted by atomic mass is 14.2. The zero-order valence-electron chi connectivity index (χ0n) is 16.3. The van der Waals surface area contributed by atoms with Crippen LogP contribution in [0.1, 0.15) is 106 Å². The molecule has 0 aliphatic rings. The predicted molar refractivity (Wildman–Crippen MR) is 98.7 cm³/mol. The molecule has 128 valence electrons. The van der Waals surface area contributed by atoms with Crippen LogP contribution in [0.2, 0.25) is 0 Å². The molecule has 0 saturated heterocycles. The lowest BCUT2D eigenvalue weighted by molar-refractivity contribution is 0.250. The second kappa shape index (κ2) is 12.5. The fourth-order valence-electron chi connectivity index (χ4n) is 3.20. The van der Waals surface area contributed by atoms with Crippen LogP contribution in [0, 0.1) is 29.6 Å². The van der Waals surface area contributed by atoms with Gasteiger partial charge in [0.1, 0.15) is 0 Å². The average molecular weight is 297 g/mol. The van der Waals surface area contributed by atoms with E-state index in [1.807, 2.05) is 0 Å². The highest BCUT2D eigenvalue weighted by molar-refractivity contribution is 4.70. The van der Waals surface area contributed by atoms with Gasteiger partial charge in [0.25, 0.3) is 0 Å². The molecule has 0 spiro atoms. The van der Waals surface area contributed by atoms with E-state index in [-0.39, 0.29) is 0 Å². The third kappa shape index (κ3) is 11.2. The summed E-state index contributed by atoms with van der Waals surface area (Å²) in [5.74, 6) is 4.60. The van der Waals surface area contributed by atoms with Gasteiger partial charge in [-0.2, -0.15) is 0 Å². The lowest BCUT2D eigenvalue weighted by Crippen LogP contribution is -2.15. The smallest absolute Gasteiger partial charge is 0.0388 e. The van der Waals surface area contributed by atoms with E-state index < -0.39 is 0 Å². The van der Waals surface area contributed by atoms with Crippen molar-refractivity contribution in [2.75, 3.05) is 0 Å². The SMILES string of the molecule is CCC(C)CCC(CCC(C)CC)C(C)CCCC(C)C. The Morgan fingerprint density at radius 2 is 1.05 bits per heavy atom. The van der Waals surface area contributed by atoms with Gasteiger partial charge in [0, 0.05) is 0 Å². The summed E-state index contributed by atoms with van der Waals surface area (Å²) in [6, 6.07) is 0. The fourth-order valence-corrected chi connectivity index (χ4v) is 3.20. The topological polar surface area (TPSA) is 0 Å². The third-order valence-corrected chi connectivity index (χ3v) is 5.70. The van der Waals surface area contributed by atoms with Gasteiger partial charge in [-0.3, -0.25) is 0 Å². The Balaban J connectivity index is 4.25. The largest absolute Gasteiger partial charge is 0.0651 e. The molecule has 0 heterocycles. The van der Waals surface area contributed by atoms with E-state index in [1.165, 1.54) is 57.8 Å². The Morgan fingerprint density at radius 3 is 1.43 bits per heavy atom. The van der Waals surface area contributed by atoms with Crippen LogP contribution in [0.4, 0.5) is 0 Å². The molecule has 0 aromatic heterocycles. The first kappa shape index (κ1) is 21.0. The van der Waals surface area contributed by atoms with E-state index in [4.69, 9.17) is 0 Å². The summed E-state index contributed by atoms with van der Waals surface area (Å²) in [4.78, 5) is 0. The van der Waals surface area contributed by atoms with Gasteiger partial charge >= 0.3 is 0 Å². The van der Waals surface area contributed by atoms with Crippen molar-refractivity contribution in [3.63, 3.8) is 0 Å². The van der Waals surface area contributed by atoms with Gasteiger partial charge in [0.2, 0.25) is 0 Å². The summed E-state index contributed by atoms with van der Waals surface area (Å²) in [6.45, 7) is 16.8. The van der Waals surface area contributed by atoms with E-state index in [0.717, 1.165) is 29.6 Å². The molecule has 0 aromatic carbocycles. The minimum absolute atomic E-state index is 0.871. The quantitative estimate of drug-likeness (QED) is 0.326. The van der Waals surface area contributed by atoms with Crippen molar-refractivity contribution in [3.05, 3.63) is 0 Å². The molecule has 0 fully saturated rings. The second-order valence-corrected chi connectivity index (χ2v) is 8.24. The number of rotatable bonds is 13. The van der Waals surface area contributed by atoms with Gasteiger partial charge in [0.15, 0.2) is 0 Å². The van der Waals surface area contributed by atoms with Gasteiger partial charge in [-0.25, -0.2) is 0 Å². The fraction of sp³-hybridized carbons (Fsp3) is 1.00. The van der Waals surface area contributed by atoms with Crippen LogP contribution < -0.4 is 0 Å². The Kier molecular flexibility index (Phi) is 12.5. The number of hydrogen-bond donors (Lipinski definition) is 0. The Morgan fingerprint density at radius 1 is 0.571 bits per heavy atom. The average Bonchev–Trinajstić information content (AvgIpc) is 2.45. The maximum absolute atomic E-state index is 2.53. The second-order valence-electron chi connectivity index (χ2n) is 8.24. The predicted octanol–water partition coefficient (Wildman–Crippen LogP) is 7.72. The van der Waals surface area contributed by atoms with E-state index >= 15 is 0 Å². The Labute approximate surface area is 136 Å². The van der Waals surface area contributed by atoms with E-state index in [9.17, 15) is 0 Å². The molecule has 0 rings (SSSR count). The van der Waals surface area contributed by atoms with Crippen LogP contribution in [0.15, 0.2) is 0 Å². The summed E-state index contributed by atoms with van der Waals surface area (Å²) in [7, 11) is 0. The molecular weight excluding hydrogens is 252 g/mol. The normalized spacial score (nSPS) is 17.7. The zero-order valence-corrected chi connectivity index (χ0v) is 16.3. The molecule has 0 aromatic rings. The molecule has 21 heavy (non-hydrogen) atoms. The van der Waals surface area contributed by atoms with Crippen molar-refractivity contribution in [2.24, 2.45) is 29.6 Å². The van der Waals surface area contributed by atoms with Crippen LogP contribution in [-0.4, -0.2) is 0 Å². The first-order valence-corrected chi connectivity index (χ1v) is 9.90. The molecule has 0 aliphatic carbocycles. The van der Waals surface area contributed by atoms with Gasteiger partial charge in [-0.05, 0) is 42.4 Å². The van der Waals surface area contributed by atoms with Crippen LogP contribution >= 0.6 is 0 Å². The van der Waals surface area contributed by atoms with Gasteiger partial charge in [-0.15, -0.1) is 0 Å². The third-order valence-electron chi connectivity index (χ3n) is 5.70. The molecule has 0 nitrogen and oxygen atoms in total. The van der Waals surface area contributed by atoms with Gasteiger partial charge in [0.05, 0.1) is 0 Å². The monoisotopic (exact) mass is 296 g/mol. The summed E-state index contributed by atoms with van der Waals surface area (Å²) in [5, 5.41) is 0. The van der Waals surface area contributed by atoms with Crippen molar-refractivity contribution in [1.82, 2.24) is 0 Å². The van der Waals surface area contributed by atoms with Crippen LogP contribution in [0.3, 0.4) is 0 Å². The van der Waals surface area contributed by atoms with Crippen molar-refractivity contribution in [2.45, 2.75) is 106 Å². The highest BCUT2D eigenvalue weighted by Gasteiger charge is 2.18. The van der Waals surface area contributed by atoms with Gasteiger partial charge in [-0.1, -0.05) is 93.4 Å². The van der Waals surface area contributed by atoms with E-state index in [1.54, 1.807) is 0 Å². The minimum Gasteiger partial charge on any atom is -0.0651 e. The molecule has 0 amide bonds. The number of hydrogen-bond acceptors (Lipinski definition) is 0. The molecule has 0 bridgehead atoms. The summed E-state index contributed by atoms with van der Waals surface area (Å²) in [5.41, 5.74) is 0. The molecule has 0 radical (unpaired) electrons. The van der Waals surface area contributed by atoms with Gasteiger partial charge < -0.3 is 0 Å². The van der Waals surface area contributed by atoms with E-state index in [2.05, 4.69) is 48.5 Å². The van der Waals surface area contributed by atoms with Crippen molar-refractivity contribution in [3.8, 4) is 0 Å². The zero-order chi connectivity index (χ0) is 16.3. The maximum Gasteiger partial charge on any atom is -0.0388 e. The highest BCUT2D eigenvalue weighted by Crippen LogP contribution is 2.31. The first-order chi connectivity index (χ1) is 9.90. The molecular formula is C21H44. The van der Waals surface area contributed by atoms with Crippen LogP contribution in [0.25, 0.3) is 0 Å². The van der Waals surface area contributed by atoms with Crippen molar-refractivity contribution in [1.29, 1.82) is 0 Å². The molecule has 0 saturated carbocycles. The lowest BCUT2D eigenvalue weighted by atomic mass is 9.79. The van der Waals surface area contributed by atoms with E-state index in [0.29, 0.717) is 0 Å². The Bertz CT molecular complexity index is 204. The molecule has 3 atom stereocenters. The summed E-state index contributed by atoms with van der Waals surface area (Å²) in [6.07, 6.45) is 12.8. The van der Waals surface area contributed by atoms with Crippen LogP contribution in [-0.2, 0) is 0 Å². The molecule has 0 N–H and O–H groups in total. The minimum atomic E-state index is 0.871. The van der Waals surface area contributed by atoms with Crippen molar-refractivity contribution >= 4 is 0 Å². The molecule has 0 aliphatic heterocycles. The maximum atomic E-state index is 2.53. The standard InChI is InChI=1S/C21H44/c1-8-18(5)13-15-21(16-14-19(6)9-2)20(7)12-10-11-17(3)4/h17-21H,8-16H2,1-7H3. The summed E-state index contributed by atoms with van der Waals surface area (Å²) >= 11 is 0.